The standard InChI is InChI=1S/C18H13NO2/c20-16(18-17(21-18)13-7-9-19-10-8-13)15-6-5-12-3-1-2-4-14(12)11-15/h1-11,17-18H/t17-,18-/m1/s1. The van der Waals surface area contributed by atoms with Gasteiger partial charge in [0.1, 0.15) is 6.10 Å². The number of fused-ring (bicyclic) bond motifs is 1. The molecule has 1 fully saturated rings. The molecule has 0 saturated carbocycles. The van der Waals surface area contributed by atoms with Crippen molar-refractivity contribution in [1.29, 1.82) is 0 Å². The Morgan fingerprint density at radius 3 is 2.52 bits per heavy atom. The molecule has 3 nitrogen and oxygen atoms in total. The summed E-state index contributed by atoms with van der Waals surface area (Å²) in [6.07, 6.45) is 2.93. The Balaban J connectivity index is 1.60. The van der Waals surface area contributed by atoms with Gasteiger partial charge in [-0.2, -0.15) is 0 Å². The molecular weight excluding hydrogens is 262 g/mol. The Morgan fingerprint density at radius 1 is 0.952 bits per heavy atom. The molecule has 21 heavy (non-hydrogen) atoms. The van der Waals surface area contributed by atoms with Gasteiger partial charge >= 0.3 is 0 Å². The highest BCUT2D eigenvalue weighted by atomic mass is 16.6. The topological polar surface area (TPSA) is 42.5 Å². The van der Waals surface area contributed by atoms with Crippen LogP contribution < -0.4 is 0 Å². The van der Waals surface area contributed by atoms with E-state index in [1.807, 2.05) is 54.6 Å². The highest BCUT2D eigenvalue weighted by molar-refractivity contribution is 6.04. The molecule has 1 aromatic heterocycles. The minimum atomic E-state index is -0.367. The quantitative estimate of drug-likeness (QED) is 0.542. The summed E-state index contributed by atoms with van der Waals surface area (Å²) in [5.41, 5.74) is 1.71. The van der Waals surface area contributed by atoms with Crippen molar-refractivity contribution in [2.45, 2.75) is 12.2 Å². The van der Waals surface area contributed by atoms with Crippen molar-refractivity contribution in [3.63, 3.8) is 0 Å². The Kier molecular flexibility index (Phi) is 2.79. The number of rotatable bonds is 3. The lowest BCUT2D eigenvalue weighted by Gasteiger charge is -2.01. The normalized spacial score (nSPS) is 20.4. The van der Waals surface area contributed by atoms with Crippen LogP contribution in [0.3, 0.4) is 0 Å². The highest BCUT2D eigenvalue weighted by Gasteiger charge is 2.46. The fourth-order valence-corrected chi connectivity index (χ4v) is 2.63. The molecule has 0 amide bonds. The third kappa shape index (κ3) is 2.22. The fourth-order valence-electron chi connectivity index (χ4n) is 2.63. The molecule has 2 atom stereocenters. The number of ether oxygens (including phenoxy) is 1. The minimum Gasteiger partial charge on any atom is -0.356 e. The second-order valence-corrected chi connectivity index (χ2v) is 5.18. The molecule has 3 heteroatoms. The Morgan fingerprint density at radius 2 is 1.71 bits per heavy atom. The van der Waals surface area contributed by atoms with Crippen molar-refractivity contribution >= 4 is 16.6 Å². The van der Waals surface area contributed by atoms with Gasteiger partial charge in [-0.25, -0.2) is 0 Å². The number of epoxide rings is 1. The molecule has 102 valence electrons. The zero-order valence-corrected chi connectivity index (χ0v) is 11.3. The number of hydrogen-bond acceptors (Lipinski definition) is 3. The number of nitrogens with zero attached hydrogens (tertiary/aromatic N) is 1. The van der Waals surface area contributed by atoms with Crippen LogP contribution in [0.5, 0.6) is 0 Å². The maximum atomic E-state index is 12.5. The van der Waals surface area contributed by atoms with E-state index < -0.39 is 0 Å². The number of ketones is 1. The molecule has 3 aromatic rings. The van der Waals surface area contributed by atoms with E-state index in [-0.39, 0.29) is 18.0 Å². The lowest BCUT2D eigenvalue weighted by molar-refractivity contribution is 0.0954. The van der Waals surface area contributed by atoms with Crippen LogP contribution in [0.2, 0.25) is 0 Å². The molecule has 2 heterocycles. The molecule has 0 spiro atoms. The number of hydrogen-bond donors (Lipinski definition) is 0. The van der Waals surface area contributed by atoms with Crippen molar-refractivity contribution in [1.82, 2.24) is 4.98 Å². The summed E-state index contributed by atoms with van der Waals surface area (Å²) >= 11 is 0. The number of Topliss-reactive ketones (excluding diaryl/α,β-unsaturated/α-hetero) is 1. The van der Waals surface area contributed by atoms with E-state index in [0.717, 1.165) is 16.3 Å². The molecule has 0 radical (unpaired) electrons. The second kappa shape index (κ2) is 4.79. The minimum absolute atomic E-state index is 0.0440. The zero-order valence-electron chi connectivity index (χ0n) is 11.3. The smallest absolute Gasteiger partial charge is 0.194 e. The summed E-state index contributed by atoms with van der Waals surface area (Å²) in [4.78, 5) is 16.5. The number of carbonyl (C=O) groups excluding carboxylic acids is 1. The van der Waals surface area contributed by atoms with Gasteiger partial charge in [-0.1, -0.05) is 36.4 Å². The van der Waals surface area contributed by atoms with Gasteiger partial charge in [-0.15, -0.1) is 0 Å². The lowest BCUT2D eigenvalue weighted by Crippen LogP contribution is -2.08. The van der Waals surface area contributed by atoms with Gasteiger partial charge in [0, 0.05) is 18.0 Å². The van der Waals surface area contributed by atoms with Crippen LogP contribution in [0.15, 0.2) is 67.0 Å². The number of carbonyl (C=O) groups is 1. The summed E-state index contributed by atoms with van der Waals surface area (Å²) in [5.74, 6) is 0.0440. The molecule has 4 rings (SSSR count). The van der Waals surface area contributed by atoms with Gasteiger partial charge in [0.25, 0.3) is 0 Å². The monoisotopic (exact) mass is 275 g/mol. The predicted octanol–water partition coefficient (Wildman–Crippen LogP) is 3.56. The first kappa shape index (κ1) is 12.2. The lowest BCUT2D eigenvalue weighted by atomic mass is 10.0. The first-order valence-electron chi connectivity index (χ1n) is 6.91. The Bertz CT molecular complexity index is 814. The van der Waals surface area contributed by atoms with E-state index in [0.29, 0.717) is 5.56 Å². The van der Waals surface area contributed by atoms with E-state index in [4.69, 9.17) is 4.74 Å². The van der Waals surface area contributed by atoms with E-state index in [1.165, 1.54) is 0 Å². The molecule has 1 aliphatic heterocycles. The summed E-state index contributed by atoms with van der Waals surface area (Å²) < 4.78 is 5.55. The first-order chi connectivity index (χ1) is 10.3. The molecule has 0 bridgehead atoms. The van der Waals surface area contributed by atoms with Crippen LogP contribution >= 0.6 is 0 Å². The van der Waals surface area contributed by atoms with Crippen molar-refractivity contribution in [3.8, 4) is 0 Å². The van der Waals surface area contributed by atoms with E-state index in [2.05, 4.69) is 4.98 Å². The van der Waals surface area contributed by atoms with Crippen LogP contribution in [0, 0.1) is 0 Å². The van der Waals surface area contributed by atoms with Crippen molar-refractivity contribution in [2.24, 2.45) is 0 Å². The van der Waals surface area contributed by atoms with Crippen LogP contribution in [0.25, 0.3) is 10.8 Å². The first-order valence-corrected chi connectivity index (χ1v) is 6.91. The third-order valence-electron chi connectivity index (χ3n) is 3.82. The maximum Gasteiger partial charge on any atom is 0.194 e. The second-order valence-electron chi connectivity index (χ2n) is 5.18. The van der Waals surface area contributed by atoms with Crippen molar-refractivity contribution in [2.75, 3.05) is 0 Å². The number of benzene rings is 2. The summed E-state index contributed by atoms with van der Waals surface area (Å²) in [7, 11) is 0. The van der Waals surface area contributed by atoms with Crippen molar-refractivity contribution in [3.05, 3.63) is 78.1 Å². The number of pyridine rings is 1. The van der Waals surface area contributed by atoms with Crippen LogP contribution in [-0.2, 0) is 4.74 Å². The molecule has 0 unspecified atom stereocenters. The summed E-state index contributed by atoms with van der Waals surface area (Å²) in [6, 6.07) is 17.6. The Labute approximate surface area is 122 Å². The van der Waals surface area contributed by atoms with Crippen molar-refractivity contribution < 1.29 is 9.53 Å². The van der Waals surface area contributed by atoms with Gasteiger partial charge in [0.05, 0.1) is 0 Å². The van der Waals surface area contributed by atoms with Gasteiger partial charge in [0.15, 0.2) is 11.9 Å². The summed E-state index contributed by atoms with van der Waals surface area (Å²) in [6.45, 7) is 0. The van der Waals surface area contributed by atoms with Gasteiger partial charge in [0.2, 0.25) is 0 Å². The Hall–Kier alpha value is -2.52. The molecule has 0 N–H and O–H groups in total. The third-order valence-corrected chi connectivity index (χ3v) is 3.82. The molecule has 0 aliphatic carbocycles. The average Bonchev–Trinajstić information content (AvgIpc) is 3.35. The van der Waals surface area contributed by atoms with Crippen LogP contribution in [0.4, 0.5) is 0 Å². The maximum absolute atomic E-state index is 12.5. The van der Waals surface area contributed by atoms with Gasteiger partial charge in [-0.05, 0) is 34.5 Å². The largest absolute Gasteiger partial charge is 0.356 e. The highest BCUT2D eigenvalue weighted by Crippen LogP contribution is 2.40. The molecular formula is C18H13NO2. The molecule has 1 aliphatic rings. The van der Waals surface area contributed by atoms with Gasteiger partial charge in [-0.3, -0.25) is 9.78 Å². The fraction of sp³-hybridized carbons (Fsp3) is 0.111. The average molecular weight is 275 g/mol. The van der Waals surface area contributed by atoms with Crippen LogP contribution in [-0.4, -0.2) is 16.9 Å². The van der Waals surface area contributed by atoms with Gasteiger partial charge < -0.3 is 4.74 Å². The summed E-state index contributed by atoms with van der Waals surface area (Å²) in [5, 5.41) is 2.21. The van der Waals surface area contributed by atoms with E-state index in [1.54, 1.807) is 12.4 Å². The molecule has 1 saturated heterocycles. The molecule has 2 aromatic carbocycles. The SMILES string of the molecule is O=C(c1ccc2ccccc2c1)[C@H]1O[C@@H]1c1ccncc1. The number of aromatic nitrogens is 1. The van der Waals surface area contributed by atoms with E-state index >= 15 is 0 Å². The predicted molar refractivity (Wildman–Crippen MR) is 80.1 cm³/mol. The van der Waals surface area contributed by atoms with E-state index in [9.17, 15) is 4.79 Å². The zero-order chi connectivity index (χ0) is 14.2. The van der Waals surface area contributed by atoms with Crippen LogP contribution in [0.1, 0.15) is 22.0 Å².